The second-order valence-electron chi connectivity index (χ2n) is 5.02. The smallest absolute Gasteiger partial charge is 0.256 e. The molecular weight excluding hydrogens is 283 g/mol. The molecule has 0 radical (unpaired) electrons. The van der Waals surface area contributed by atoms with Crippen LogP contribution in [0.2, 0.25) is 0 Å². The third-order valence-electron chi connectivity index (χ3n) is 3.25. The fourth-order valence-electron chi connectivity index (χ4n) is 2.46. The molecule has 6 heteroatoms. The van der Waals surface area contributed by atoms with Gasteiger partial charge in [0.15, 0.2) is 0 Å². The van der Waals surface area contributed by atoms with E-state index < -0.39 is 5.82 Å². The molecule has 0 aliphatic carbocycles. The molecule has 1 aromatic carbocycles. The molecule has 4 nitrogen and oxygen atoms in total. The molecule has 20 heavy (non-hydrogen) atoms. The second-order valence-corrected chi connectivity index (χ2v) is 5.02. The molecule has 1 amide bonds. The highest BCUT2D eigenvalue weighted by molar-refractivity contribution is 5.94. The number of piperazine rings is 1. The maximum absolute atomic E-state index is 13.9. The van der Waals surface area contributed by atoms with Gasteiger partial charge in [0.25, 0.3) is 5.91 Å². The van der Waals surface area contributed by atoms with Crippen molar-refractivity contribution >= 4 is 18.3 Å². The summed E-state index contributed by atoms with van der Waals surface area (Å²) in [6, 6.07) is 4.75. The van der Waals surface area contributed by atoms with Gasteiger partial charge < -0.3 is 15.0 Å². The Labute approximate surface area is 124 Å². The van der Waals surface area contributed by atoms with Gasteiger partial charge in [-0.15, -0.1) is 12.4 Å². The van der Waals surface area contributed by atoms with Crippen LogP contribution in [0.1, 0.15) is 24.2 Å². The summed E-state index contributed by atoms with van der Waals surface area (Å²) in [6.45, 7) is 5.21. The van der Waals surface area contributed by atoms with Crippen LogP contribution >= 0.6 is 12.4 Å². The van der Waals surface area contributed by atoms with Crippen molar-refractivity contribution in [3.8, 4) is 5.75 Å². The SMILES string of the molecule is COc1ccc(C(=O)N2CC(C)NC(C)C2)c(F)c1.Cl. The van der Waals surface area contributed by atoms with E-state index in [0.29, 0.717) is 18.8 Å². The lowest BCUT2D eigenvalue weighted by Gasteiger charge is -2.36. The first kappa shape index (κ1) is 16.7. The first-order valence-electron chi connectivity index (χ1n) is 6.40. The molecule has 1 heterocycles. The average molecular weight is 303 g/mol. The molecule has 0 saturated carbocycles. The zero-order chi connectivity index (χ0) is 14.0. The summed E-state index contributed by atoms with van der Waals surface area (Å²) in [6.07, 6.45) is 0. The third-order valence-corrected chi connectivity index (χ3v) is 3.25. The van der Waals surface area contributed by atoms with Crippen LogP contribution in [0.3, 0.4) is 0 Å². The van der Waals surface area contributed by atoms with Gasteiger partial charge in [-0.2, -0.15) is 0 Å². The van der Waals surface area contributed by atoms with E-state index in [2.05, 4.69) is 5.32 Å². The topological polar surface area (TPSA) is 41.6 Å². The maximum Gasteiger partial charge on any atom is 0.256 e. The third kappa shape index (κ3) is 3.61. The van der Waals surface area contributed by atoms with Crippen LogP contribution < -0.4 is 10.1 Å². The van der Waals surface area contributed by atoms with Gasteiger partial charge in [0.1, 0.15) is 11.6 Å². The minimum atomic E-state index is -0.539. The van der Waals surface area contributed by atoms with E-state index >= 15 is 0 Å². The van der Waals surface area contributed by atoms with Crippen molar-refractivity contribution in [2.24, 2.45) is 0 Å². The highest BCUT2D eigenvalue weighted by Crippen LogP contribution is 2.19. The zero-order valence-corrected chi connectivity index (χ0v) is 12.7. The number of methoxy groups -OCH3 is 1. The minimum absolute atomic E-state index is 0. The number of carbonyl (C=O) groups excluding carboxylic acids is 1. The quantitative estimate of drug-likeness (QED) is 0.909. The highest BCUT2D eigenvalue weighted by Gasteiger charge is 2.27. The van der Waals surface area contributed by atoms with E-state index in [0.717, 1.165) is 0 Å². The lowest BCUT2D eigenvalue weighted by Crippen LogP contribution is -2.55. The molecule has 1 aromatic rings. The summed E-state index contributed by atoms with van der Waals surface area (Å²) >= 11 is 0. The molecular formula is C14H20ClFN2O2. The number of carbonyl (C=O) groups is 1. The van der Waals surface area contributed by atoms with Gasteiger partial charge in [0.2, 0.25) is 0 Å². The van der Waals surface area contributed by atoms with Crippen molar-refractivity contribution < 1.29 is 13.9 Å². The predicted molar refractivity (Wildman–Crippen MR) is 78.2 cm³/mol. The lowest BCUT2D eigenvalue weighted by atomic mass is 10.1. The van der Waals surface area contributed by atoms with Gasteiger partial charge in [-0.05, 0) is 26.0 Å². The predicted octanol–water partition coefficient (Wildman–Crippen LogP) is 2.08. The fourth-order valence-corrected chi connectivity index (χ4v) is 2.46. The molecule has 1 fully saturated rings. The summed E-state index contributed by atoms with van der Waals surface area (Å²) in [5.74, 6) is -0.389. The van der Waals surface area contributed by atoms with E-state index in [1.54, 1.807) is 11.0 Å². The van der Waals surface area contributed by atoms with Gasteiger partial charge in [-0.1, -0.05) is 0 Å². The van der Waals surface area contributed by atoms with E-state index in [1.807, 2.05) is 13.8 Å². The summed E-state index contributed by atoms with van der Waals surface area (Å²) in [4.78, 5) is 14.0. The van der Waals surface area contributed by atoms with Crippen LogP contribution in [0.5, 0.6) is 5.75 Å². The van der Waals surface area contributed by atoms with E-state index in [1.165, 1.54) is 19.2 Å². The largest absolute Gasteiger partial charge is 0.497 e. The molecule has 1 saturated heterocycles. The van der Waals surface area contributed by atoms with Crippen LogP contribution in [0.4, 0.5) is 4.39 Å². The Morgan fingerprint density at radius 3 is 2.45 bits per heavy atom. The fraction of sp³-hybridized carbons (Fsp3) is 0.500. The van der Waals surface area contributed by atoms with Crippen LogP contribution in [0, 0.1) is 5.82 Å². The normalized spacial score (nSPS) is 22.1. The Morgan fingerprint density at radius 2 is 1.95 bits per heavy atom. The van der Waals surface area contributed by atoms with Crippen molar-refractivity contribution in [2.45, 2.75) is 25.9 Å². The van der Waals surface area contributed by atoms with Crippen LogP contribution in [-0.4, -0.2) is 43.1 Å². The summed E-state index contributed by atoms with van der Waals surface area (Å²) in [5, 5.41) is 3.34. The number of nitrogens with one attached hydrogen (secondary N) is 1. The number of halogens is 2. The number of nitrogens with zero attached hydrogens (tertiary/aromatic N) is 1. The van der Waals surface area contributed by atoms with Crippen LogP contribution in [0.25, 0.3) is 0 Å². The Bertz CT molecular complexity index is 474. The molecule has 0 bridgehead atoms. The highest BCUT2D eigenvalue weighted by atomic mass is 35.5. The van der Waals surface area contributed by atoms with E-state index in [4.69, 9.17) is 4.74 Å². The molecule has 1 N–H and O–H groups in total. The molecule has 2 rings (SSSR count). The van der Waals surface area contributed by atoms with E-state index in [9.17, 15) is 9.18 Å². The summed E-state index contributed by atoms with van der Waals surface area (Å²) in [5.41, 5.74) is 0.0992. The Hall–Kier alpha value is -1.33. The van der Waals surface area contributed by atoms with Crippen molar-refractivity contribution in [1.29, 1.82) is 0 Å². The number of benzene rings is 1. The standard InChI is InChI=1S/C14H19FN2O2.ClH/c1-9-7-17(8-10(2)16-9)14(18)12-5-4-11(19-3)6-13(12)15;/h4-6,9-10,16H,7-8H2,1-3H3;1H. The van der Waals surface area contributed by atoms with Crippen molar-refractivity contribution in [3.63, 3.8) is 0 Å². The first-order valence-corrected chi connectivity index (χ1v) is 6.40. The monoisotopic (exact) mass is 302 g/mol. The Morgan fingerprint density at radius 1 is 1.35 bits per heavy atom. The molecule has 112 valence electrons. The molecule has 2 atom stereocenters. The second kappa shape index (κ2) is 6.90. The van der Waals surface area contributed by atoms with Gasteiger partial charge >= 0.3 is 0 Å². The van der Waals surface area contributed by atoms with Gasteiger partial charge in [-0.25, -0.2) is 4.39 Å². The number of rotatable bonds is 2. The van der Waals surface area contributed by atoms with Crippen molar-refractivity contribution in [1.82, 2.24) is 10.2 Å². The van der Waals surface area contributed by atoms with Gasteiger partial charge in [0, 0.05) is 31.2 Å². The lowest BCUT2D eigenvalue weighted by molar-refractivity contribution is 0.0669. The number of hydrogen-bond donors (Lipinski definition) is 1. The van der Waals surface area contributed by atoms with Crippen LogP contribution in [-0.2, 0) is 0 Å². The number of ether oxygens (including phenoxy) is 1. The minimum Gasteiger partial charge on any atom is -0.497 e. The van der Waals surface area contributed by atoms with E-state index in [-0.39, 0.29) is 36.0 Å². The molecule has 2 unspecified atom stereocenters. The Balaban J connectivity index is 0.00000200. The maximum atomic E-state index is 13.9. The zero-order valence-electron chi connectivity index (χ0n) is 11.9. The van der Waals surface area contributed by atoms with Crippen molar-refractivity contribution in [3.05, 3.63) is 29.6 Å². The molecule has 1 aliphatic heterocycles. The number of hydrogen-bond acceptors (Lipinski definition) is 3. The molecule has 1 aliphatic rings. The van der Waals surface area contributed by atoms with Crippen LogP contribution in [0.15, 0.2) is 18.2 Å². The molecule has 0 spiro atoms. The summed E-state index contributed by atoms with van der Waals surface area (Å²) in [7, 11) is 1.47. The first-order chi connectivity index (χ1) is 9.01. The Kier molecular flexibility index (Phi) is 5.77. The summed E-state index contributed by atoms with van der Waals surface area (Å²) < 4.78 is 18.8. The molecule has 0 aromatic heterocycles. The van der Waals surface area contributed by atoms with Gasteiger partial charge in [-0.3, -0.25) is 4.79 Å². The average Bonchev–Trinajstić information content (AvgIpc) is 2.36. The number of amides is 1. The van der Waals surface area contributed by atoms with Gasteiger partial charge in [0.05, 0.1) is 12.7 Å². The van der Waals surface area contributed by atoms with Crippen molar-refractivity contribution in [2.75, 3.05) is 20.2 Å².